The van der Waals surface area contributed by atoms with Crippen molar-refractivity contribution in [3.8, 4) is 5.75 Å². The Hall–Kier alpha value is -1.30. The van der Waals surface area contributed by atoms with E-state index in [0.29, 0.717) is 0 Å². The second-order valence-electron chi connectivity index (χ2n) is 4.13. The number of halogens is 3. The van der Waals surface area contributed by atoms with Gasteiger partial charge in [-0.3, -0.25) is 0 Å². The molecule has 0 unspecified atom stereocenters. The van der Waals surface area contributed by atoms with Gasteiger partial charge in [0.25, 0.3) is 0 Å². The lowest BCUT2D eigenvalue weighted by molar-refractivity contribution is -0.139. The van der Waals surface area contributed by atoms with Gasteiger partial charge in [-0.15, -0.1) is 0 Å². The third-order valence-electron chi connectivity index (χ3n) is 2.57. The van der Waals surface area contributed by atoms with E-state index in [0.717, 1.165) is 25.3 Å². The maximum absolute atomic E-state index is 12.9. The summed E-state index contributed by atoms with van der Waals surface area (Å²) in [5, 5.41) is 0. The lowest BCUT2D eigenvalue weighted by Crippen LogP contribution is -2.14. The second kappa shape index (κ2) is 6.75. The third kappa shape index (κ3) is 4.70. The largest absolute Gasteiger partial charge is 0.493 e. The van der Waals surface area contributed by atoms with E-state index in [9.17, 15) is 13.2 Å². The van der Waals surface area contributed by atoms with Gasteiger partial charge in [0.05, 0.1) is 12.2 Å². The molecular formula is C13H16F3NOS. The highest BCUT2D eigenvalue weighted by atomic mass is 32.1. The average molecular weight is 291 g/mol. The molecule has 0 amide bonds. The Morgan fingerprint density at radius 1 is 1.32 bits per heavy atom. The lowest BCUT2D eigenvalue weighted by atomic mass is 10.1. The smallest absolute Gasteiger partial charge is 0.419 e. The molecule has 0 spiro atoms. The fraction of sp³-hybridized carbons (Fsp3) is 0.462. The highest BCUT2D eigenvalue weighted by molar-refractivity contribution is 7.80. The molecule has 0 bridgehead atoms. The van der Waals surface area contributed by atoms with Crippen LogP contribution in [0.15, 0.2) is 18.2 Å². The maximum atomic E-state index is 12.9. The maximum Gasteiger partial charge on any atom is 0.419 e. The highest BCUT2D eigenvalue weighted by Gasteiger charge is 2.34. The van der Waals surface area contributed by atoms with Gasteiger partial charge in [0, 0.05) is 5.56 Å². The van der Waals surface area contributed by atoms with Crippen LogP contribution in [0.3, 0.4) is 0 Å². The summed E-state index contributed by atoms with van der Waals surface area (Å²) >= 11 is 4.68. The topological polar surface area (TPSA) is 35.2 Å². The Labute approximate surface area is 115 Å². The van der Waals surface area contributed by atoms with Crippen molar-refractivity contribution in [3.05, 3.63) is 29.3 Å². The zero-order valence-electron chi connectivity index (χ0n) is 10.6. The molecule has 1 aromatic rings. The van der Waals surface area contributed by atoms with Crippen LogP contribution in [0.5, 0.6) is 5.75 Å². The molecule has 0 atom stereocenters. The predicted molar refractivity (Wildman–Crippen MR) is 72.4 cm³/mol. The molecule has 0 aliphatic rings. The molecule has 2 nitrogen and oxygen atoms in total. The summed E-state index contributed by atoms with van der Waals surface area (Å²) in [7, 11) is 0. The Balaban J connectivity index is 2.93. The van der Waals surface area contributed by atoms with Gasteiger partial charge in [-0.2, -0.15) is 13.2 Å². The molecule has 2 N–H and O–H groups in total. The summed E-state index contributed by atoms with van der Waals surface area (Å²) in [5.41, 5.74) is 4.68. The van der Waals surface area contributed by atoms with E-state index in [-0.39, 0.29) is 22.9 Å². The van der Waals surface area contributed by atoms with Crippen LogP contribution in [0.1, 0.15) is 37.3 Å². The van der Waals surface area contributed by atoms with Crippen molar-refractivity contribution in [2.24, 2.45) is 5.73 Å². The molecule has 0 aromatic heterocycles. The van der Waals surface area contributed by atoms with Gasteiger partial charge in [-0.1, -0.05) is 32.0 Å². The molecular weight excluding hydrogens is 275 g/mol. The fourth-order valence-electron chi connectivity index (χ4n) is 1.56. The molecule has 0 radical (unpaired) electrons. The Kier molecular flexibility index (Phi) is 5.60. The molecule has 0 heterocycles. The van der Waals surface area contributed by atoms with Crippen molar-refractivity contribution in [1.82, 2.24) is 0 Å². The standard InChI is InChI=1S/C13H16F3NOS/c1-2-3-4-7-18-11-6-5-9(12(17)19)8-10(11)13(14,15)16/h5-6,8H,2-4,7H2,1H3,(H2,17,19). The first-order valence-electron chi connectivity index (χ1n) is 6.00. The van der Waals surface area contributed by atoms with Gasteiger partial charge >= 0.3 is 6.18 Å². The molecule has 1 rings (SSSR count). The first kappa shape index (κ1) is 15.8. The van der Waals surface area contributed by atoms with Crippen molar-refractivity contribution < 1.29 is 17.9 Å². The van der Waals surface area contributed by atoms with E-state index >= 15 is 0 Å². The number of thiocarbonyl (C=S) groups is 1. The fourth-order valence-corrected chi connectivity index (χ4v) is 1.69. The minimum atomic E-state index is -4.49. The minimum absolute atomic E-state index is 0.0666. The quantitative estimate of drug-likeness (QED) is 0.637. The van der Waals surface area contributed by atoms with Crippen LogP contribution in [0.2, 0.25) is 0 Å². The van der Waals surface area contributed by atoms with Crippen LogP contribution in [0.25, 0.3) is 0 Å². The zero-order valence-corrected chi connectivity index (χ0v) is 11.4. The Bertz CT molecular complexity index is 446. The monoisotopic (exact) mass is 291 g/mol. The predicted octanol–water partition coefficient (Wildman–Crippen LogP) is 3.91. The van der Waals surface area contributed by atoms with Crippen molar-refractivity contribution in [2.75, 3.05) is 6.61 Å². The van der Waals surface area contributed by atoms with Crippen LogP contribution in [-0.2, 0) is 6.18 Å². The highest BCUT2D eigenvalue weighted by Crippen LogP contribution is 2.36. The van der Waals surface area contributed by atoms with E-state index in [1.165, 1.54) is 12.1 Å². The van der Waals surface area contributed by atoms with E-state index in [2.05, 4.69) is 12.2 Å². The number of hydrogen-bond donors (Lipinski definition) is 1. The number of ether oxygens (including phenoxy) is 1. The average Bonchev–Trinajstić information content (AvgIpc) is 2.33. The summed E-state index contributed by atoms with van der Waals surface area (Å²) in [6.07, 6.45) is -1.85. The van der Waals surface area contributed by atoms with E-state index < -0.39 is 11.7 Å². The molecule has 106 valence electrons. The van der Waals surface area contributed by atoms with E-state index in [4.69, 9.17) is 10.5 Å². The number of hydrogen-bond acceptors (Lipinski definition) is 2. The Morgan fingerprint density at radius 3 is 2.53 bits per heavy atom. The van der Waals surface area contributed by atoms with Crippen molar-refractivity contribution in [2.45, 2.75) is 32.4 Å². The molecule has 6 heteroatoms. The SMILES string of the molecule is CCCCCOc1ccc(C(N)=S)cc1C(F)(F)F. The molecule has 0 saturated heterocycles. The van der Waals surface area contributed by atoms with Gasteiger partial charge in [-0.05, 0) is 24.6 Å². The Morgan fingerprint density at radius 2 is 2.00 bits per heavy atom. The molecule has 0 saturated carbocycles. The number of nitrogens with two attached hydrogens (primary N) is 1. The second-order valence-corrected chi connectivity index (χ2v) is 4.57. The molecule has 19 heavy (non-hydrogen) atoms. The zero-order chi connectivity index (χ0) is 14.5. The van der Waals surface area contributed by atoms with Crippen LogP contribution in [-0.4, -0.2) is 11.6 Å². The van der Waals surface area contributed by atoms with Gasteiger partial charge in [0.15, 0.2) is 0 Å². The van der Waals surface area contributed by atoms with Gasteiger partial charge < -0.3 is 10.5 Å². The molecule has 0 aliphatic carbocycles. The minimum Gasteiger partial charge on any atom is -0.493 e. The molecule has 0 fully saturated rings. The van der Waals surface area contributed by atoms with Crippen molar-refractivity contribution in [3.63, 3.8) is 0 Å². The van der Waals surface area contributed by atoms with Gasteiger partial charge in [0.2, 0.25) is 0 Å². The van der Waals surface area contributed by atoms with Crippen molar-refractivity contribution >= 4 is 17.2 Å². The third-order valence-corrected chi connectivity index (χ3v) is 2.81. The number of alkyl halides is 3. The summed E-state index contributed by atoms with van der Waals surface area (Å²) in [4.78, 5) is -0.0666. The first-order valence-corrected chi connectivity index (χ1v) is 6.41. The van der Waals surface area contributed by atoms with Crippen LogP contribution in [0.4, 0.5) is 13.2 Å². The number of unbranched alkanes of at least 4 members (excludes halogenated alkanes) is 2. The summed E-state index contributed by atoms with van der Waals surface area (Å²) in [6.45, 7) is 2.28. The first-order chi connectivity index (χ1) is 8.86. The van der Waals surface area contributed by atoms with Crippen molar-refractivity contribution in [1.29, 1.82) is 0 Å². The molecule has 1 aromatic carbocycles. The number of benzene rings is 1. The van der Waals surface area contributed by atoms with Crippen LogP contribution in [0, 0.1) is 0 Å². The summed E-state index contributed by atoms with van der Waals surface area (Å²) in [6, 6.07) is 3.63. The van der Waals surface area contributed by atoms with E-state index in [1.807, 2.05) is 6.92 Å². The van der Waals surface area contributed by atoms with Crippen LogP contribution >= 0.6 is 12.2 Å². The lowest BCUT2D eigenvalue weighted by Gasteiger charge is -2.15. The van der Waals surface area contributed by atoms with Gasteiger partial charge in [-0.25, -0.2) is 0 Å². The van der Waals surface area contributed by atoms with E-state index in [1.54, 1.807) is 0 Å². The molecule has 0 aliphatic heterocycles. The summed E-state index contributed by atoms with van der Waals surface area (Å²) in [5.74, 6) is -0.177. The van der Waals surface area contributed by atoms with Gasteiger partial charge in [0.1, 0.15) is 10.7 Å². The normalized spacial score (nSPS) is 11.4. The number of rotatable bonds is 6. The summed E-state index contributed by atoms with van der Waals surface area (Å²) < 4.78 is 43.9. The van der Waals surface area contributed by atoms with Crippen LogP contribution < -0.4 is 10.5 Å².